The van der Waals surface area contributed by atoms with Crippen molar-refractivity contribution in [2.75, 3.05) is 5.32 Å². The number of anilines is 2. The van der Waals surface area contributed by atoms with Gasteiger partial charge in [0, 0.05) is 16.8 Å². The smallest absolute Gasteiger partial charge is 0.0714 e. The van der Waals surface area contributed by atoms with Crippen LogP contribution in [0.1, 0.15) is 47.2 Å². The fraction of sp³-hybridized carbons (Fsp3) is 0.0769. The Morgan fingerprint density at radius 2 is 0.755 bits per heavy atom. The zero-order valence-corrected chi connectivity index (χ0v) is 30.0. The van der Waals surface area contributed by atoms with Crippen molar-refractivity contribution in [1.82, 2.24) is 0 Å². The van der Waals surface area contributed by atoms with Crippen LogP contribution < -0.4 is 5.32 Å². The van der Waals surface area contributed by atoms with Gasteiger partial charge >= 0.3 is 0 Å². The van der Waals surface area contributed by atoms with E-state index in [9.17, 15) is 0 Å². The third-order valence-electron chi connectivity index (χ3n) is 11.8. The van der Waals surface area contributed by atoms with Crippen molar-refractivity contribution >= 4 is 11.4 Å². The minimum absolute atomic E-state index is 0.0561. The Kier molecular flexibility index (Phi) is 7.13. The summed E-state index contributed by atoms with van der Waals surface area (Å²) in [5, 5.41) is 3.85. The third kappa shape index (κ3) is 4.77. The Balaban J connectivity index is 1.11. The second-order valence-corrected chi connectivity index (χ2v) is 15.0. The molecule has 53 heavy (non-hydrogen) atoms. The van der Waals surface area contributed by atoms with Gasteiger partial charge in [0.1, 0.15) is 0 Å². The molecule has 0 saturated heterocycles. The summed E-state index contributed by atoms with van der Waals surface area (Å²) >= 11 is 0. The van der Waals surface area contributed by atoms with Gasteiger partial charge in [0.25, 0.3) is 0 Å². The van der Waals surface area contributed by atoms with Gasteiger partial charge in [-0.2, -0.15) is 0 Å². The van der Waals surface area contributed by atoms with E-state index in [-0.39, 0.29) is 5.41 Å². The van der Waals surface area contributed by atoms with Crippen molar-refractivity contribution in [1.29, 1.82) is 0 Å². The molecule has 2 aliphatic rings. The van der Waals surface area contributed by atoms with Gasteiger partial charge < -0.3 is 5.32 Å². The molecule has 0 saturated carbocycles. The average molecular weight is 678 g/mol. The highest BCUT2D eigenvalue weighted by atomic mass is 14.9. The van der Waals surface area contributed by atoms with E-state index in [1.807, 2.05) is 0 Å². The summed E-state index contributed by atoms with van der Waals surface area (Å²) in [5.74, 6) is 0. The van der Waals surface area contributed by atoms with E-state index in [4.69, 9.17) is 0 Å². The summed E-state index contributed by atoms with van der Waals surface area (Å²) in [7, 11) is 0. The molecule has 0 heterocycles. The van der Waals surface area contributed by atoms with Crippen molar-refractivity contribution in [3.63, 3.8) is 0 Å². The van der Waals surface area contributed by atoms with E-state index in [1.165, 1.54) is 77.9 Å². The van der Waals surface area contributed by atoms with Gasteiger partial charge in [-0.25, -0.2) is 0 Å². The molecule has 10 rings (SSSR count). The standard InChI is InChI=1S/C52H39N/c1-51(2)47-23-13-11-21-43(47)45-31-29-39(33-49(45)51)53-40-30-32-46-44-22-12-14-24-48(44)52(50(46)34-40,37-17-7-4-8-18-37)38-27-25-36(26-28-38)42-20-10-9-19-41(42)35-15-5-3-6-16-35/h3-34,53H,1-2H3. The quantitative estimate of drug-likeness (QED) is 0.185. The van der Waals surface area contributed by atoms with E-state index in [1.54, 1.807) is 0 Å². The van der Waals surface area contributed by atoms with Crippen LogP contribution in [0.2, 0.25) is 0 Å². The van der Waals surface area contributed by atoms with Crippen LogP contribution in [0.5, 0.6) is 0 Å². The fourth-order valence-corrected chi connectivity index (χ4v) is 9.29. The van der Waals surface area contributed by atoms with Gasteiger partial charge in [-0.05, 0) is 102 Å². The highest BCUT2D eigenvalue weighted by Crippen LogP contribution is 2.57. The number of nitrogens with one attached hydrogen (secondary N) is 1. The molecule has 0 bridgehead atoms. The first-order valence-electron chi connectivity index (χ1n) is 18.6. The molecule has 8 aromatic carbocycles. The molecule has 1 nitrogen and oxygen atoms in total. The lowest BCUT2D eigenvalue weighted by Crippen LogP contribution is -2.28. The van der Waals surface area contributed by atoms with Crippen LogP contribution in [0.15, 0.2) is 194 Å². The van der Waals surface area contributed by atoms with Gasteiger partial charge in [0.15, 0.2) is 0 Å². The number of hydrogen-bond donors (Lipinski definition) is 1. The summed E-state index contributed by atoms with van der Waals surface area (Å²) in [6.07, 6.45) is 0. The summed E-state index contributed by atoms with van der Waals surface area (Å²) < 4.78 is 0. The molecule has 1 atom stereocenters. The van der Waals surface area contributed by atoms with Gasteiger partial charge in [-0.3, -0.25) is 0 Å². The predicted octanol–water partition coefficient (Wildman–Crippen LogP) is 13.4. The molecule has 0 aliphatic heterocycles. The van der Waals surface area contributed by atoms with E-state index in [0.29, 0.717) is 0 Å². The highest BCUT2D eigenvalue weighted by Gasteiger charge is 2.46. The molecular weight excluding hydrogens is 639 g/mol. The molecule has 0 radical (unpaired) electrons. The van der Waals surface area contributed by atoms with E-state index >= 15 is 0 Å². The first-order valence-corrected chi connectivity index (χ1v) is 18.6. The van der Waals surface area contributed by atoms with Gasteiger partial charge in [-0.1, -0.05) is 184 Å². The lowest BCUT2D eigenvalue weighted by molar-refractivity contribution is 0.660. The molecule has 252 valence electrons. The first-order chi connectivity index (χ1) is 26.0. The van der Waals surface area contributed by atoms with Crippen molar-refractivity contribution in [3.05, 3.63) is 228 Å². The zero-order valence-electron chi connectivity index (χ0n) is 30.0. The fourth-order valence-electron chi connectivity index (χ4n) is 9.29. The van der Waals surface area contributed by atoms with Crippen LogP contribution in [0.4, 0.5) is 11.4 Å². The zero-order chi connectivity index (χ0) is 35.6. The number of fused-ring (bicyclic) bond motifs is 6. The molecule has 1 N–H and O–H groups in total. The van der Waals surface area contributed by atoms with Crippen molar-refractivity contribution in [3.8, 4) is 44.5 Å². The largest absolute Gasteiger partial charge is 0.356 e. The Hall–Kier alpha value is -6.44. The maximum Gasteiger partial charge on any atom is 0.0714 e. The molecule has 2 aliphatic carbocycles. The van der Waals surface area contributed by atoms with Crippen molar-refractivity contribution < 1.29 is 0 Å². The maximum absolute atomic E-state index is 3.85. The monoisotopic (exact) mass is 677 g/mol. The summed E-state index contributed by atoms with van der Waals surface area (Å²) in [4.78, 5) is 0. The SMILES string of the molecule is CC1(C)c2ccccc2-c2ccc(Nc3ccc4c(c3)C(c3ccccc3)(c3ccc(-c5ccccc5-c5ccccc5)cc3)c3ccccc3-4)cc21. The lowest BCUT2D eigenvalue weighted by Gasteiger charge is -2.34. The van der Waals surface area contributed by atoms with Crippen molar-refractivity contribution in [2.45, 2.75) is 24.7 Å². The Morgan fingerprint density at radius 3 is 1.40 bits per heavy atom. The van der Waals surface area contributed by atoms with Crippen LogP contribution in [0, 0.1) is 0 Å². The molecule has 1 heteroatoms. The van der Waals surface area contributed by atoms with E-state index in [0.717, 1.165) is 11.4 Å². The van der Waals surface area contributed by atoms with Crippen LogP contribution in [0.25, 0.3) is 44.5 Å². The van der Waals surface area contributed by atoms with E-state index < -0.39 is 5.41 Å². The number of benzene rings is 8. The molecule has 0 aromatic heterocycles. The number of hydrogen-bond acceptors (Lipinski definition) is 1. The topological polar surface area (TPSA) is 12.0 Å². The van der Waals surface area contributed by atoms with Gasteiger partial charge in [0.05, 0.1) is 5.41 Å². The Bertz CT molecular complexity index is 2650. The molecule has 0 amide bonds. The molecule has 1 unspecified atom stereocenters. The summed E-state index contributed by atoms with van der Waals surface area (Å²) in [5.41, 5.74) is 19.7. The second-order valence-electron chi connectivity index (χ2n) is 15.0. The Labute approximate surface area is 312 Å². The Morgan fingerprint density at radius 1 is 0.321 bits per heavy atom. The van der Waals surface area contributed by atoms with Crippen molar-refractivity contribution in [2.24, 2.45) is 0 Å². The van der Waals surface area contributed by atoms with Crippen LogP contribution in [0.3, 0.4) is 0 Å². The molecular formula is C52H39N. The minimum atomic E-state index is -0.496. The number of rotatable bonds is 6. The molecule has 8 aromatic rings. The lowest BCUT2D eigenvalue weighted by atomic mass is 9.67. The van der Waals surface area contributed by atoms with Crippen LogP contribution in [-0.4, -0.2) is 0 Å². The van der Waals surface area contributed by atoms with Gasteiger partial charge in [-0.15, -0.1) is 0 Å². The third-order valence-corrected chi connectivity index (χ3v) is 11.8. The summed E-state index contributed by atoms with van der Waals surface area (Å²) in [6, 6.07) is 71.5. The summed E-state index contributed by atoms with van der Waals surface area (Å²) in [6.45, 7) is 4.68. The van der Waals surface area contributed by atoms with Crippen LogP contribution in [-0.2, 0) is 10.8 Å². The first kappa shape index (κ1) is 31.3. The maximum atomic E-state index is 3.85. The average Bonchev–Trinajstić information content (AvgIpc) is 3.64. The molecule has 0 fully saturated rings. The van der Waals surface area contributed by atoms with Crippen LogP contribution >= 0.6 is 0 Å². The minimum Gasteiger partial charge on any atom is -0.356 e. The van der Waals surface area contributed by atoms with E-state index in [2.05, 4.69) is 213 Å². The highest BCUT2D eigenvalue weighted by molar-refractivity contribution is 5.89. The molecule has 0 spiro atoms. The van der Waals surface area contributed by atoms with Gasteiger partial charge in [0.2, 0.25) is 0 Å². The normalized spacial score (nSPS) is 16.0. The second kappa shape index (κ2) is 12.1. The predicted molar refractivity (Wildman–Crippen MR) is 222 cm³/mol.